The summed E-state index contributed by atoms with van der Waals surface area (Å²) in [6.07, 6.45) is 1.82. The maximum Gasteiger partial charge on any atom is 0.231 e. The highest BCUT2D eigenvalue weighted by Crippen LogP contribution is 2.35. The molecular weight excluding hydrogens is 289 g/mol. The van der Waals surface area contributed by atoms with E-state index in [0.717, 1.165) is 35.1 Å². The predicted octanol–water partition coefficient (Wildman–Crippen LogP) is 2.37. The second-order valence-electron chi connectivity index (χ2n) is 3.84. The molecule has 104 valence electrons. The van der Waals surface area contributed by atoms with E-state index in [2.05, 4.69) is 15.3 Å². The standard InChI is InChI=1S/C12H13N3O2.2ClH/c1-13-6-12-14-5-9(15-12)8-2-3-10-11(4-8)17-7-16-10;;/h2-5,13H,6-7H2,1H3,(H,14,15);2*1H. The first-order valence-corrected chi connectivity index (χ1v) is 5.45. The molecule has 0 bridgehead atoms. The van der Waals surface area contributed by atoms with Gasteiger partial charge in [-0.05, 0) is 25.2 Å². The number of imidazole rings is 1. The third-order valence-corrected chi connectivity index (χ3v) is 2.66. The number of ether oxygens (including phenoxy) is 2. The molecule has 0 fully saturated rings. The van der Waals surface area contributed by atoms with Crippen LogP contribution in [0, 0.1) is 0 Å². The minimum absolute atomic E-state index is 0. The van der Waals surface area contributed by atoms with E-state index in [1.807, 2.05) is 31.4 Å². The Bertz CT molecular complexity index is 546. The van der Waals surface area contributed by atoms with Gasteiger partial charge in [-0.15, -0.1) is 24.8 Å². The Morgan fingerprint density at radius 2 is 2.05 bits per heavy atom. The molecule has 0 atom stereocenters. The number of halogens is 2. The molecule has 19 heavy (non-hydrogen) atoms. The zero-order valence-electron chi connectivity index (χ0n) is 10.3. The molecule has 0 aliphatic carbocycles. The quantitative estimate of drug-likeness (QED) is 0.914. The zero-order chi connectivity index (χ0) is 11.7. The van der Waals surface area contributed by atoms with Crippen molar-refractivity contribution >= 4 is 24.8 Å². The van der Waals surface area contributed by atoms with Gasteiger partial charge in [0.2, 0.25) is 6.79 Å². The number of H-pyrrole nitrogens is 1. The van der Waals surface area contributed by atoms with Crippen molar-refractivity contribution in [1.82, 2.24) is 15.3 Å². The fraction of sp³-hybridized carbons (Fsp3) is 0.250. The summed E-state index contributed by atoms with van der Waals surface area (Å²) in [5, 5.41) is 3.05. The van der Waals surface area contributed by atoms with E-state index in [1.165, 1.54) is 0 Å². The summed E-state index contributed by atoms with van der Waals surface area (Å²) >= 11 is 0. The minimum atomic E-state index is 0. The average molecular weight is 304 g/mol. The average Bonchev–Trinajstić information content (AvgIpc) is 2.96. The van der Waals surface area contributed by atoms with Crippen molar-refractivity contribution in [2.45, 2.75) is 6.54 Å². The molecule has 2 N–H and O–H groups in total. The Kier molecular flexibility index (Phi) is 5.47. The molecule has 0 spiro atoms. The maximum absolute atomic E-state index is 5.35. The van der Waals surface area contributed by atoms with Crippen molar-refractivity contribution in [3.8, 4) is 22.8 Å². The summed E-state index contributed by atoms with van der Waals surface area (Å²) in [4.78, 5) is 7.54. The number of nitrogens with zero attached hydrogens (tertiary/aromatic N) is 1. The Hall–Kier alpha value is -1.43. The lowest BCUT2D eigenvalue weighted by molar-refractivity contribution is 0.174. The van der Waals surface area contributed by atoms with E-state index in [9.17, 15) is 0 Å². The monoisotopic (exact) mass is 303 g/mol. The van der Waals surface area contributed by atoms with E-state index in [4.69, 9.17) is 9.47 Å². The van der Waals surface area contributed by atoms with Crippen molar-refractivity contribution in [3.63, 3.8) is 0 Å². The summed E-state index contributed by atoms with van der Waals surface area (Å²) < 4.78 is 10.6. The summed E-state index contributed by atoms with van der Waals surface area (Å²) in [6.45, 7) is 1.03. The van der Waals surface area contributed by atoms with Crippen LogP contribution in [-0.4, -0.2) is 23.8 Å². The zero-order valence-corrected chi connectivity index (χ0v) is 11.9. The van der Waals surface area contributed by atoms with Gasteiger partial charge in [-0.3, -0.25) is 0 Å². The van der Waals surface area contributed by atoms with Crippen LogP contribution < -0.4 is 14.8 Å². The van der Waals surface area contributed by atoms with E-state index in [1.54, 1.807) is 0 Å². The number of fused-ring (bicyclic) bond motifs is 1. The smallest absolute Gasteiger partial charge is 0.231 e. The molecule has 5 nitrogen and oxygen atoms in total. The van der Waals surface area contributed by atoms with Gasteiger partial charge in [0.05, 0.1) is 18.4 Å². The van der Waals surface area contributed by atoms with Crippen LogP contribution in [0.5, 0.6) is 11.5 Å². The molecule has 0 amide bonds. The number of aromatic nitrogens is 2. The molecule has 0 saturated heterocycles. The van der Waals surface area contributed by atoms with Crippen molar-refractivity contribution in [3.05, 3.63) is 30.2 Å². The lowest BCUT2D eigenvalue weighted by Crippen LogP contribution is -2.06. The van der Waals surface area contributed by atoms with E-state index < -0.39 is 0 Å². The Morgan fingerprint density at radius 1 is 1.26 bits per heavy atom. The Morgan fingerprint density at radius 3 is 2.84 bits per heavy atom. The van der Waals surface area contributed by atoms with Crippen LogP contribution in [0.25, 0.3) is 11.3 Å². The van der Waals surface area contributed by atoms with Crippen LogP contribution in [-0.2, 0) is 6.54 Å². The van der Waals surface area contributed by atoms with Crippen LogP contribution in [0.4, 0.5) is 0 Å². The van der Waals surface area contributed by atoms with Crippen molar-refractivity contribution in [2.24, 2.45) is 0 Å². The van der Waals surface area contributed by atoms with Gasteiger partial charge in [0, 0.05) is 5.56 Å². The maximum atomic E-state index is 5.35. The highest BCUT2D eigenvalue weighted by atomic mass is 35.5. The predicted molar refractivity (Wildman–Crippen MR) is 77.4 cm³/mol. The summed E-state index contributed by atoms with van der Waals surface area (Å²) in [5.74, 6) is 2.50. The SMILES string of the molecule is CNCc1ncc(-c2ccc3c(c2)OCO3)[nH]1.Cl.Cl. The molecule has 1 aromatic heterocycles. The van der Waals surface area contributed by atoms with Gasteiger partial charge in [-0.2, -0.15) is 0 Å². The van der Waals surface area contributed by atoms with Crippen LogP contribution in [0.2, 0.25) is 0 Å². The van der Waals surface area contributed by atoms with Gasteiger partial charge >= 0.3 is 0 Å². The van der Waals surface area contributed by atoms with Gasteiger partial charge in [0.1, 0.15) is 5.82 Å². The van der Waals surface area contributed by atoms with Gasteiger partial charge < -0.3 is 19.8 Å². The number of aromatic amines is 1. The van der Waals surface area contributed by atoms with Crippen molar-refractivity contribution < 1.29 is 9.47 Å². The molecule has 2 heterocycles. The third kappa shape index (κ3) is 3.12. The second-order valence-corrected chi connectivity index (χ2v) is 3.84. The van der Waals surface area contributed by atoms with Gasteiger partial charge in [-0.1, -0.05) is 0 Å². The highest BCUT2D eigenvalue weighted by molar-refractivity contribution is 5.85. The fourth-order valence-corrected chi connectivity index (χ4v) is 1.83. The molecule has 0 saturated carbocycles. The number of hydrogen-bond donors (Lipinski definition) is 2. The largest absolute Gasteiger partial charge is 0.454 e. The fourth-order valence-electron chi connectivity index (χ4n) is 1.83. The molecule has 1 aliphatic heterocycles. The van der Waals surface area contributed by atoms with Crippen LogP contribution >= 0.6 is 24.8 Å². The number of rotatable bonds is 3. The summed E-state index contributed by atoms with van der Waals surface area (Å²) in [6, 6.07) is 5.86. The summed E-state index contributed by atoms with van der Waals surface area (Å²) in [7, 11) is 1.89. The van der Waals surface area contributed by atoms with Gasteiger partial charge in [0.15, 0.2) is 11.5 Å². The molecule has 7 heteroatoms. The van der Waals surface area contributed by atoms with Crippen LogP contribution in [0.1, 0.15) is 5.82 Å². The number of hydrogen-bond acceptors (Lipinski definition) is 4. The topological polar surface area (TPSA) is 59.2 Å². The molecule has 2 aromatic rings. The highest BCUT2D eigenvalue weighted by Gasteiger charge is 2.14. The molecule has 0 unspecified atom stereocenters. The number of nitrogens with one attached hydrogen (secondary N) is 2. The van der Waals surface area contributed by atoms with Crippen LogP contribution in [0.15, 0.2) is 24.4 Å². The van der Waals surface area contributed by atoms with Crippen LogP contribution in [0.3, 0.4) is 0 Å². The molecule has 0 radical (unpaired) electrons. The van der Waals surface area contributed by atoms with Crippen molar-refractivity contribution in [2.75, 3.05) is 13.8 Å². The lowest BCUT2D eigenvalue weighted by atomic mass is 10.1. The van der Waals surface area contributed by atoms with E-state index in [0.29, 0.717) is 6.79 Å². The molecule has 1 aromatic carbocycles. The van der Waals surface area contributed by atoms with Gasteiger partial charge in [-0.25, -0.2) is 4.98 Å². The second kappa shape index (κ2) is 6.65. The third-order valence-electron chi connectivity index (χ3n) is 2.66. The van der Waals surface area contributed by atoms with E-state index >= 15 is 0 Å². The Labute approximate surface area is 123 Å². The summed E-state index contributed by atoms with van der Waals surface area (Å²) in [5.41, 5.74) is 2.03. The molecule has 3 rings (SSSR count). The molecular formula is C12H15Cl2N3O2. The normalized spacial score (nSPS) is 11.6. The van der Waals surface area contributed by atoms with Gasteiger partial charge in [0.25, 0.3) is 0 Å². The minimum Gasteiger partial charge on any atom is -0.454 e. The molecule has 1 aliphatic rings. The lowest BCUT2D eigenvalue weighted by Gasteiger charge is -2.00. The first kappa shape index (κ1) is 15.6. The number of benzene rings is 1. The van der Waals surface area contributed by atoms with Crippen molar-refractivity contribution in [1.29, 1.82) is 0 Å². The Balaban J connectivity index is 0.000000902. The van der Waals surface area contributed by atoms with E-state index in [-0.39, 0.29) is 24.8 Å². The first-order valence-electron chi connectivity index (χ1n) is 5.45. The first-order chi connectivity index (χ1) is 8.36.